The van der Waals surface area contributed by atoms with Gasteiger partial charge in [0.05, 0.1) is 5.41 Å². The molecule has 0 amide bonds. The summed E-state index contributed by atoms with van der Waals surface area (Å²) in [5.74, 6) is 1.88. The molecule has 0 bridgehead atoms. The second kappa shape index (κ2) is 15.3. The summed E-state index contributed by atoms with van der Waals surface area (Å²) in [4.78, 5) is 15.4. The number of benzene rings is 9. The number of aromatic nitrogens is 3. The van der Waals surface area contributed by atoms with Crippen LogP contribution in [0, 0.1) is 0 Å². The highest BCUT2D eigenvalue weighted by Gasteiger charge is 2.46. The van der Waals surface area contributed by atoms with Crippen LogP contribution in [0.25, 0.3) is 78.7 Å². The summed E-state index contributed by atoms with van der Waals surface area (Å²) in [6.07, 6.45) is 0. The molecule has 0 fully saturated rings. The van der Waals surface area contributed by atoms with Crippen molar-refractivity contribution in [1.29, 1.82) is 0 Å². The molecule has 0 atom stereocenters. The van der Waals surface area contributed by atoms with E-state index in [4.69, 9.17) is 15.0 Å². The Morgan fingerprint density at radius 2 is 0.623 bits per heavy atom. The molecule has 11 rings (SSSR count). The number of nitrogens with zero attached hydrogens (tertiary/aromatic N) is 3. The third-order valence-electron chi connectivity index (χ3n) is 12.0. The van der Waals surface area contributed by atoms with Crippen molar-refractivity contribution in [3.63, 3.8) is 0 Å². The van der Waals surface area contributed by atoms with Gasteiger partial charge in [-0.05, 0) is 78.9 Å². The molecule has 0 saturated heterocycles. The zero-order valence-electron chi connectivity index (χ0n) is 33.4. The van der Waals surface area contributed by atoms with Crippen molar-refractivity contribution in [2.24, 2.45) is 0 Å². The average Bonchev–Trinajstić information content (AvgIpc) is 3.66. The Morgan fingerprint density at radius 1 is 0.246 bits per heavy atom. The summed E-state index contributed by atoms with van der Waals surface area (Å²) in [5.41, 5.74) is 16.8. The highest BCUT2D eigenvalue weighted by atomic mass is 15.0. The molecule has 3 heteroatoms. The Kier molecular flexibility index (Phi) is 9.05. The van der Waals surface area contributed by atoms with E-state index in [-0.39, 0.29) is 0 Å². The maximum absolute atomic E-state index is 5.21. The van der Waals surface area contributed by atoms with Gasteiger partial charge in [0.1, 0.15) is 0 Å². The van der Waals surface area contributed by atoms with E-state index in [0.29, 0.717) is 17.5 Å². The maximum Gasteiger partial charge on any atom is 0.164 e. The smallest absolute Gasteiger partial charge is 0.164 e. The van der Waals surface area contributed by atoms with Crippen molar-refractivity contribution in [2.75, 3.05) is 0 Å². The number of fused-ring (bicyclic) bond motifs is 3. The first-order valence-electron chi connectivity index (χ1n) is 20.8. The van der Waals surface area contributed by atoms with Crippen LogP contribution >= 0.6 is 0 Å². The second-order valence-electron chi connectivity index (χ2n) is 15.5. The van der Waals surface area contributed by atoms with Crippen LogP contribution in [0.1, 0.15) is 22.3 Å². The van der Waals surface area contributed by atoms with Crippen molar-refractivity contribution in [2.45, 2.75) is 5.41 Å². The number of hydrogen-bond acceptors (Lipinski definition) is 3. The molecular formula is C58H39N3. The minimum atomic E-state index is -0.478. The van der Waals surface area contributed by atoms with Crippen LogP contribution in [-0.4, -0.2) is 15.0 Å². The molecular weight excluding hydrogens is 739 g/mol. The van der Waals surface area contributed by atoms with Crippen LogP contribution in [0.5, 0.6) is 0 Å². The van der Waals surface area contributed by atoms with Crippen LogP contribution in [0.4, 0.5) is 0 Å². The van der Waals surface area contributed by atoms with Crippen LogP contribution in [0.3, 0.4) is 0 Å². The topological polar surface area (TPSA) is 38.7 Å². The van der Waals surface area contributed by atoms with Gasteiger partial charge in [0, 0.05) is 16.7 Å². The number of hydrogen-bond donors (Lipinski definition) is 0. The fourth-order valence-electron chi connectivity index (χ4n) is 9.23. The molecule has 0 spiro atoms. The molecule has 0 N–H and O–H groups in total. The predicted octanol–water partition coefficient (Wildman–Crippen LogP) is 14.2. The van der Waals surface area contributed by atoms with Gasteiger partial charge in [-0.1, -0.05) is 224 Å². The Balaban J connectivity index is 1.04. The van der Waals surface area contributed by atoms with Crippen LogP contribution in [0.15, 0.2) is 237 Å². The summed E-state index contributed by atoms with van der Waals surface area (Å²) in [6.45, 7) is 0. The summed E-state index contributed by atoms with van der Waals surface area (Å²) in [6, 6.07) is 84.2. The van der Waals surface area contributed by atoms with Crippen LogP contribution in [-0.2, 0) is 5.41 Å². The summed E-state index contributed by atoms with van der Waals surface area (Å²) in [7, 11) is 0. The average molecular weight is 778 g/mol. The van der Waals surface area contributed by atoms with Gasteiger partial charge in [0.2, 0.25) is 0 Å². The standard InChI is InChI=1S/C58H39N3/c1-5-18-40(19-6-1)41-34-36-42(37-35-41)44-22-15-24-46(38-44)56-59-55(43-20-7-2-8-21-43)60-57(61-56)47-25-16-23-45(39-47)50-31-17-33-53-54(50)51-30-13-14-32-52(51)58(53,48-26-9-3-10-27-48)49-28-11-4-12-29-49/h1-39H. The monoisotopic (exact) mass is 777 g/mol. The molecule has 286 valence electrons. The first-order chi connectivity index (χ1) is 30.2. The van der Waals surface area contributed by atoms with E-state index in [1.54, 1.807) is 0 Å². The third kappa shape index (κ3) is 6.35. The zero-order valence-corrected chi connectivity index (χ0v) is 33.4. The van der Waals surface area contributed by atoms with Crippen LogP contribution < -0.4 is 0 Å². The molecule has 61 heavy (non-hydrogen) atoms. The van der Waals surface area contributed by atoms with E-state index in [1.807, 2.05) is 24.3 Å². The van der Waals surface area contributed by atoms with Gasteiger partial charge in [-0.2, -0.15) is 0 Å². The third-order valence-corrected chi connectivity index (χ3v) is 12.0. The molecule has 1 aliphatic rings. The fraction of sp³-hybridized carbons (Fsp3) is 0.0172. The molecule has 0 unspecified atom stereocenters. The Morgan fingerprint density at radius 3 is 1.23 bits per heavy atom. The van der Waals surface area contributed by atoms with Crippen molar-refractivity contribution in [3.8, 4) is 78.7 Å². The largest absolute Gasteiger partial charge is 0.208 e. The lowest BCUT2D eigenvalue weighted by atomic mass is 9.67. The normalized spacial score (nSPS) is 12.4. The SMILES string of the molecule is c1ccc(-c2ccc(-c3cccc(-c4nc(-c5ccccc5)nc(-c5cccc(-c6cccc7c6-c6ccccc6C7(c6ccccc6)c6ccccc6)c5)n4)c3)cc2)cc1. The summed E-state index contributed by atoms with van der Waals surface area (Å²) in [5, 5.41) is 0. The summed E-state index contributed by atoms with van der Waals surface area (Å²) >= 11 is 0. The molecule has 0 aliphatic heterocycles. The van der Waals surface area contributed by atoms with Gasteiger partial charge in [-0.25, -0.2) is 15.0 Å². The lowest BCUT2D eigenvalue weighted by Crippen LogP contribution is -2.28. The number of rotatable bonds is 8. The van der Waals surface area contributed by atoms with Crippen molar-refractivity contribution < 1.29 is 0 Å². The first-order valence-corrected chi connectivity index (χ1v) is 20.8. The minimum absolute atomic E-state index is 0.478. The highest BCUT2D eigenvalue weighted by molar-refractivity contribution is 5.96. The molecule has 1 heterocycles. The van der Waals surface area contributed by atoms with Gasteiger partial charge in [0.25, 0.3) is 0 Å². The van der Waals surface area contributed by atoms with E-state index in [2.05, 4.69) is 212 Å². The lowest BCUT2D eigenvalue weighted by Gasteiger charge is -2.34. The summed E-state index contributed by atoms with van der Waals surface area (Å²) < 4.78 is 0. The van der Waals surface area contributed by atoms with Gasteiger partial charge < -0.3 is 0 Å². The Labute approximate surface area is 356 Å². The maximum atomic E-state index is 5.21. The van der Waals surface area contributed by atoms with Gasteiger partial charge >= 0.3 is 0 Å². The molecule has 10 aromatic rings. The Bertz CT molecular complexity index is 3120. The van der Waals surface area contributed by atoms with Crippen molar-refractivity contribution in [1.82, 2.24) is 15.0 Å². The van der Waals surface area contributed by atoms with Gasteiger partial charge in [0.15, 0.2) is 17.5 Å². The van der Waals surface area contributed by atoms with E-state index >= 15 is 0 Å². The van der Waals surface area contributed by atoms with Gasteiger partial charge in [-0.15, -0.1) is 0 Å². The van der Waals surface area contributed by atoms with Crippen LogP contribution in [0.2, 0.25) is 0 Å². The second-order valence-corrected chi connectivity index (χ2v) is 15.5. The lowest BCUT2D eigenvalue weighted by molar-refractivity contribution is 0.768. The van der Waals surface area contributed by atoms with Gasteiger partial charge in [-0.3, -0.25) is 0 Å². The first kappa shape index (κ1) is 36.1. The van der Waals surface area contributed by atoms with E-state index < -0.39 is 5.41 Å². The Hall–Kier alpha value is -8.01. The van der Waals surface area contributed by atoms with E-state index in [0.717, 1.165) is 33.4 Å². The molecule has 3 nitrogen and oxygen atoms in total. The molecule has 1 aromatic heterocycles. The molecule has 1 aliphatic carbocycles. The quantitative estimate of drug-likeness (QED) is 0.154. The highest BCUT2D eigenvalue weighted by Crippen LogP contribution is 2.58. The molecule has 9 aromatic carbocycles. The molecule has 0 saturated carbocycles. The minimum Gasteiger partial charge on any atom is -0.208 e. The molecule has 0 radical (unpaired) electrons. The predicted molar refractivity (Wildman–Crippen MR) is 250 cm³/mol. The van der Waals surface area contributed by atoms with Crippen molar-refractivity contribution in [3.05, 3.63) is 259 Å². The van der Waals surface area contributed by atoms with E-state index in [1.165, 1.54) is 50.1 Å². The van der Waals surface area contributed by atoms with Crippen molar-refractivity contribution >= 4 is 0 Å². The fourth-order valence-corrected chi connectivity index (χ4v) is 9.23. The van der Waals surface area contributed by atoms with E-state index in [9.17, 15) is 0 Å². The zero-order chi connectivity index (χ0) is 40.6.